The van der Waals surface area contributed by atoms with E-state index in [9.17, 15) is 22.8 Å². The second-order valence-electron chi connectivity index (χ2n) is 9.76. The number of benzene rings is 1. The van der Waals surface area contributed by atoms with Crippen LogP contribution in [0.25, 0.3) is 11.1 Å². The molecule has 1 atom stereocenters. The number of halogens is 3. The van der Waals surface area contributed by atoms with Gasteiger partial charge in [-0.3, -0.25) is 14.3 Å². The van der Waals surface area contributed by atoms with Crippen molar-refractivity contribution in [3.05, 3.63) is 60.6 Å². The molecule has 0 radical (unpaired) electrons. The van der Waals surface area contributed by atoms with E-state index in [1.807, 2.05) is 6.92 Å². The highest BCUT2D eigenvalue weighted by molar-refractivity contribution is 6.00. The van der Waals surface area contributed by atoms with Gasteiger partial charge in [0.25, 0.3) is 0 Å². The molecular formula is C26H26F3N5O2. The van der Waals surface area contributed by atoms with Crippen molar-refractivity contribution in [3.63, 3.8) is 0 Å². The molecule has 3 heterocycles. The summed E-state index contributed by atoms with van der Waals surface area (Å²) in [5.41, 5.74) is 2.30. The lowest BCUT2D eigenvalue weighted by atomic mass is 9.83. The molecule has 0 bridgehead atoms. The molecule has 1 aliphatic heterocycles. The number of pyridine rings is 1. The molecule has 36 heavy (non-hydrogen) atoms. The molecule has 0 spiro atoms. The Morgan fingerprint density at radius 3 is 2.75 bits per heavy atom. The standard InChI is InChI=1S/C26H26F3N5O2/c1-25(20-5-6-20)8-10-34(24(25)36)21-7-9-30-22(13-21)32-23(35)12-17-3-2-4-18(11-17)19-14-31-33(15-19)16-26(27,28)29/h2-4,7,9,11,13-15,20H,5-6,8,10,12,16H2,1H3,(H,30,32,35)/t25-/m0/s1. The minimum atomic E-state index is -4.35. The maximum Gasteiger partial charge on any atom is 0.408 e. The van der Waals surface area contributed by atoms with Crippen LogP contribution < -0.4 is 10.2 Å². The largest absolute Gasteiger partial charge is 0.408 e. The molecule has 7 nitrogen and oxygen atoms in total. The first-order valence-corrected chi connectivity index (χ1v) is 11.9. The van der Waals surface area contributed by atoms with Crippen molar-refractivity contribution in [3.8, 4) is 11.1 Å². The predicted octanol–water partition coefficient (Wildman–Crippen LogP) is 4.84. The van der Waals surface area contributed by atoms with E-state index in [0.29, 0.717) is 40.7 Å². The number of nitrogens with one attached hydrogen (secondary N) is 1. The monoisotopic (exact) mass is 497 g/mol. The summed E-state index contributed by atoms with van der Waals surface area (Å²) in [6.45, 7) is 1.53. The Morgan fingerprint density at radius 1 is 1.19 bits per heavy atom. The van der Waals surface area contributed by atoms with Gasteiger partial charge in [0.15, 0.2) is 0 Å². The molecule has 2 amide bonds. The van der Waals surface area contributed by atoms with Crippen molar-refractivity contribution < 1.29 is 22.8 Å². The van der Waals surface area contributed by atoms with Crippen molar-refractivity contribution >= 4 is 23.3 Å². The van der Waals surface area contributed by atoms with Crippen molar-refractivity contribution in [2.75, 3.05) is 16.8 Å². The number of hydrogen-bond donors (Lipinski definition) is 1. The molecule has 5 rings (SSSR count). The molecule has 2 fully saturated rings. The van der Waals surface area contributed by atoms with Crippen LogP contribution in [0.15, 0.2) is 55.0 Å². The molecule has 1 aliphatic carbocycles. The molecule has 188 valence electrons. The summed E-state index contributed by atoms with van der Waals surface area (Å²) >= 11 is 0. The number of anilines is 2. The van der Waals surface area contributed by atoms with Gasteiger partial charge in [0.1, 0.15) is 12.4 Å². The van der Waals surface area contributed by atoms with Crippen molar-refractivity contribution in [2.45, 2.75) is 45.3 Å². The zero-order valence-corrected chi connectivity index (χ0v) is 19.8. The first-order valence-electron chi connectivity index (χ1n) is 11.9. The van der Waals surface area contributed by atoms with Gasteiger partial charge >= 0.3 is 6.18 Å². The van der Waals surface area contributed by atoms with Gasteiger partial charge in [-0.1, -0.05) is 31.2 Å². The van der Waals surface area contributed by atoms with Gasteiger partial charge in [0.05, 0.1) is 18.0 Å². The number of rotatable bonds is 7. The van der Waals surface area contributed by atoms with E-state index >= 15 is 0 Å². The van der Waals surface area contributed by atoms with Crippen LogP contribution in [0.1, 0.15) is 31.7 Å². The van der Waals surface area contributed by atoms with Gasteiger partial charge in [-0.15, -0.1) is 0 Å². The Hall–Kier alpha value is -3.69. The molecule has 2 aromatic heterocycles. The number of alkyl halides is 3. The highest BCUT2D eigenvalue weighted by atomic mass is 19.4. The number of carbonyl (C=O) groups is 2. The lowest BCUT2D eigenvalue weighted by molar-refractivity contribution is -0.142. The Kier molecular flexibility index (Phi) is 6.05. The summed E-state index contributed by atoms with van der Waals surface area (Å²) in [5.74, 6) is 0.657. The van der Waals surface area contributed by atoms with Gasteiger partial charge in [0, 0.05) is 36.3 Å². The number of nitrogens with zero attached hydrogens (tertiary/aromatic N) is 4. The fourth-order valence-electron chi connectivity index (χ4n) is 4.88. The average Bonchev–Trinajstić information content (AvgIpc) is 3.51. The van der Waals surface area contributed by atoms with E-state index < -0.39 is 12.7 Å². The van der Waals surface area contributed by atoms with Crippen LogP contribution in [0.3, 0.4) is 0 Å². The first kappa shape index (κ1) is 24.0. The number of hydrogen-bond acceptors (Lipinski definition) is 4. The average molecular weight is 498 g/mol. The number of carbonyl (C=O) groups excluding carboxylic acids is 2. The van der Waals surface area contributed by atoms with E-state index in [1.54, 1.807) is 47.5 Å². The Balaban J connectivity index is 1.24. The van der Waals surface area contributed by atoms with E-state index in [2.05, 4.69) is 15.4 Å². The zero-order valence-electron chi connectivity index (χ0n) is 19.8. The van der Waals surface area contributed by atoms with Crippen LogP contribution in [0, 0.1) is 11.3 Å². The molecule has 10 heteroatoms. The molecule has 1 aromatic carbocycles. The SMILES string of the molecule is C[C@@]1(C2CC2)CCN(c2ccnc(NC(=O)Cc3cccc(-c4cnn(CC(F)(F)F)c4)c3)c2)C1=O. The highest BCUT2D eigenvalue weighted by Gasteiger charge is 2.52. The molecule has 0 unspecified atom stereocenters. The quantitative estimate of drug-likeness (QED) is 0.507. The summed E-state index contributed by atoms with van der Waals surface area (Å²) in [6, 6.07) is 10.5. The van der Waals surface area contributed by atoms with Crippen molar-refractivity contribution in [2.24, 2.45) is 11.3 Å². The minimum absolute atomic E-state index is 0.0544. The van der Waals surface area contributed by atoms with E-state index in [4.69, 9.17) is 0 Å². The van der Waals surface area contributed by atoms with Gasteiger partial charge in [-0.2, -0.15) is 18.3 Å². The third-order valence-electron chi connectivity index (χ3n) is 6.99. The zero-order chi connectivity index (χ0) is 25.5. The van der Waals surface area contributed by atoms with Crippen LogP contribution in [0.4, 0.5) is 24.7 Å². The van der Waals surface area contributed by atoms with Gasteiger partial charge in [-0.25, -0.2) is 4.98 Å². The van der Waals surface area contributed by atoms with Crippen molar-refractivity contribution in [1.29, 1.82) is 0 Å². The summed E-state index contributed by atoms with van der Waals surface area (Å²) in [4.78, 5) is 31.8. The molecular weight excluding hydrogens is 471 g/mol. The lowest BCUT2D eigenvalue weighted by Crippen LogP contribution is -2.34. The van der Waals surface area contributed by atoms with E-state index in [-0.39, 0.29) is 23.7 Å². The van der Waals surface area contributed by atoms with Crippen LogP contribution in [-0.2, 0) is 22.6 Å². The molecule has 3 aromatic rings. The Morgan fingerprint density at radius 2 is 2.00 bits per heavy atom. The maximum atomic E-state index is 13.1. The van der Waals surface area contributed by atoms with Gasteiger partial charge in [0.2, 0.25) is 11.8 Å². The van der Waals surface area contributed by atoms with E-state index in [1.165, 1.54) is 12.4 Å². The fraction of sp³-hybridized carbons (Fsp3) is 0.385. The molecule has 1 saturated heterocycles. The first-order chi connectivity index (χ1) is 17.1. The summed E-state index contributed by atoms with van der Waals surface area (Å²) in [7, 11) is 0. The second-order valence-corrected chi connectivity index (χ2v) is 9.76. The Bertz CT molecular complexity index is 1300. The van der Waals surface area contributed by atoms with Gasteiger partial charge < -0.3 is 10.2 Å². The van der Waals surface area contributed by atoms with Crippen LogP contribution in [-0.4, -0.2) is 39.3 Å². The smallest absolute Gasteiger partial charge is 0.312 e. The van der Waals surface area contributed by atoms with E-state index in [0.717, 1.165) is 23.9 Å². The number of aromatic nitrogens is 3. The van der Waals surface area contributed by atoms with Crippen LogP contribution in [0.5, 0.6) is 0 Å². The summed E-state index contributed by atoms with van der Waals surface area (Å²) in [6.07, 6.45) is 3.00. The second kappa shape index (κ2) is 9.07. The summed E-state index contributed by atoms with van der Waals surface area (Å²) in [5, 5.41) is 6.56. The molecule has 2 aliphatic rings. The topological polar surface area (TPSA) is 80.1 Å². The van der Waals surface area contributed by atoms with Crippen LogP contribution in [0.2, 0.25) is 0 Å². The normalized spacial score (nSPS) is 20.1. The number of amides is 2. The minimum Gasteiger partial charge on any atom is -0.312 e. The summed E-state index contributed by atoms with van der Waals surface area (Å²) < 4.78 is 38.7. The fourth-order valence-corrected chi connectivity index (χ4v) is 4.88. The third-order valence-corrected chi connectivity index (χ3v) is 6.99. The van der Waals surface area contributed by atoms with Crippen molar-refractivity contribution in [1.82, 2.24) is 14.8 Å². The molecule has 1 N–H and O–H groups in total. The molecule has 1 saturated carbocycles. The van der Waals surface area contributed by atoms with Crippen LogP contribution >= 0.6 is 0 Å². The maximum absolute atomic E-state index is 13.1. The predicted molar refractivity (Wildman–Crippen MR) is 128 cm³/mol. The Labute approximate surface area is 206 Å². The highest BCUT2D eigenvalue weighted by Crippen LogP contribution is 2.51. The van der Waals surface area contributed by atoms with Gasteiger partial charge in [-0.05, 0) is 42.4 Å². The third kappa shape index (κ3) is 5.12. The lowest BCUT2D eigenvalue weighted by Gasteiger charge is -2.23.